The zero-order chi connectivity index (χ0) is 12.8. The van der Waals surface area contributed by atoms with Crippen LogP contribution in [0.1, 0.15) is 23.5 Å². The van der Waals surface area contributed by atoms with E-state index in [0.717, 1.165) is 11.3 Å². The normalized spacial score (nSPS) is 10.0. The molecule has 0 aromatic carbocycles. The van der Waals surface area contributed by atoms with Crippen LogP contribution < -0.4 is 4.74 Å². The molecule has 1 heterocycles. The van der Waals surface area contributed by atoms with Gasteiger partial charge >= 0.3 is 5.97 Å². The summed E-state index contributed by atoms with van der Waals surface area (Å²) in [4.78, 5) is 24.1. The molecule has 1 aromatic heterocycles. The lowest BCUT2D eigenvalue weighted by molar-refractivity contribution is -0.132. The van der Waals surface area contributed by atoms with Crippen molar-refractivity contribution < 1.29 is 19.4 Å². The summed E-state index contributed by atoms with van der Waals surface area (Å²) in [5, 5.41) is 10.3. The molecule has 94 valence electrons. The smallest absolute Gasteiger partial charge is 0.346 e. The van der Waals surface area contributed by atoms with Gasteiger partial charge in [-0.15, -0.1) is 11.3 Å². The van der Waals surface area contributed by atoms with Crippen molar-refractivity contribution >= 4 is 23.2 Å². The zero-order valence-corrected chi connectivity index (χ0v) is 10.6. The number of nitrogens with zero attached hydrogens (tertiary/aromatic N) is 1. The first kappa shape index (κ1) is 13.5. The Labute approximate surface area is 104 Å². The van der Waals surface area contributed by atoms with Gasteiger partial charge in [0.25, 0.3) is 5.91 Å². The first-order valence-corrected chi connectivity index (χ1v) is 6.18. The Morgan fingerprint density at radius 2 is 2.06 bits per heavy atom. The van der Waals surface area contributed by atoms with E-state index in [0.29, 0.717) is 18.8 Å². The van der Waals surface area contributed by atoms with E-state index in [-0.39, 0.29) is 17.4 Å². The van der Waals surface area contributed by atoms with Crippen molar-refractivity contribution in [3.05, 3.63) is 16.3 Å². The van der Waals surface area contributed by atoms with Crippen LogP contribution in [-0.4, -0.2) is 41.6 Å². The number of amides is 1. The van der Waals surface area contributed by atoms with Crippen molar-refractivity contribution in [2.24, 2.45) is 0 Å². The maximum absolute atomic E-state index is 11.6. The third-order valence-electron chi connectivity index (χ3n) is 2.26. The number of rotatable bonds is 6. The van der Waals surface area contributed by atoms with Crippen LogP contribution in [0.15, 0.2) is 11.4 Å². The second-order valence-corrected chi connectivity index (χ2v) is 4.22. The van der Waals surface area contributed by atoms with Crippen molar-refractivity contribution in [2.75, 3.05) is 19.7 Å². The van der Waals surface area contributed by atoms with Gasteiger partial charge in [0, 0.05) is 24.5 Å². The predicted molar refractivity (Wildman–Crippen MR) is 64.7 cm³/mol. The highest BCUT2D eigenvalue weighted by Gasteiger charge is 2.12. The Hall–Kier alpha value is -1.56. The molecular formula is C11H15NO4S. The molecule has 0 aliphatic rings. The first-order chi connectivity index (χ1) is 8.08. The summed E-state index contributed by atoms with van der Waals surface area (Å²) in [6.07, 6.45) is 0. The number of carbonyl (C=O) groups is 2. The minimum absolute atomic E-state index is 0.0581. The monoisotopic (exact) mass is 257 g/mol. The van der Waals surface area contributed by atoms with Gasteiger partial charge < -0.3 is 14.7 Å². The van der Waals surface area contributed by atoms with Crippen LogP contribution >= 0.6 is 11.3 Å². The van der Waals surface area contributed by atoms with Crippen molar-refractivity contribution in [2.45, 2.75) is 13.8 Å². The van der Waals surface area contributed by atoms with Crippen LogP contribution in [0.5, 0.6) is 5.75 Å². The van der Waals surface area contributed by atoms with Gasteiger partial charge in [-0.3, -0.25) is 4.79 Å². The van der Waals surface area contributed by atoms with Gasteiger partial charge in [-0.25, -0.2) is 4.79 Å². The maximum atomic E-state index is 11.6. The van der Waals surface area contributed by atoms with E-state index in [2.05, 4.69) is 0 Å². The van der Waals surface area contributed by atoms with Gasteiger partial charge in [0.15, 0.2) is 6.61 Å². The SMILES string of the molecule is CCN(CC)C(=O)COc1csc(C(=O)O)c1. The third kappa shape index (κ3) is 3.74. The van der Waals surface area contributed by atoms with Crippen molar-refractivity contribution in [3.63, 3.8) is 0 Å². The Kier molecular flexibility index (Phi) is 4.96. The highest BCUT2D eigenvalue weighted by atomic mass is 32.1. The molecule has 17 heavy (non-hydrogen) atoms. The fraction of sp³-hybridized carbons (Fsp3) is 0.455. The Bertz CT molecular complexity index is 398. The molecule has 6 heteroatoms. The molecule has 5 nitrogen and oxygen atoms in total. The van der Waals surface area contributed by atoms with Gasteiger partial charge in [0.1, 0.15) is 10.6 Å². The number of carboxylic acids is 1. The topological polar surface area (TPSA) is 66.8 Å². The fourth-order valence-corrected chi connectivity index (χ4v) is 1.98. The van der Waals surface area contributed by atoms with Crippen LogP contribution in [0.4, 0.5) is 0 Å². The molecule has 0 bridgehead atoms. The van der Waals surface area contributed by atoms with Gasteiger partial charge in [-0.2, -0.15) is 0 Å². The van der Waals surface area contributed by atoms with Crippen LogP contribution in [0.25, 0.3) is 0 Å². The number of likely N-dealkylation sites (N-methyl/N-ethyl adjacent to an activating group) is 1. The largest absolute Gasteiger partial charge is 0.483 e. The lowest BCUT2D eigenvalue weighted by Crippen LogP contribution is -2.34. The number of hydrogen-bond acceptors (Lipinski definition) is 4. The van der Waals surface area contributed by atoms with Gasteiger partial charge in [-0.05, 0) is 13.8 Å². The molecule has 0 saturated heterocycles. The van der Waals surface area contributed by atoms with Crippen molar-refractivity contribution in [1.29, 1.82) is 0 Å². The van der Waals surface area contributed by atoms with E-state index in [1.54, 1.807) is 10.3 Å². The van der Waals surface area contributed by atoms with Crippen LogP contribution in [0, 0.1) is 0 Å². The van der Waals surface area contributed by atoms with E-state index in [9.17, 15) is 9.59 Å². The van der Waals surface area contributed by atoms with Crippen molar-refractivity contribution in [1.82, 2.24) is 4.90 Å². The van der Waals surface area contributed by atoms with E-state index in [1.165, 1.54) is 6.07 Å². The lowest BCUT2D eigenvalue weighted by Gasteiger charge is -2.18. The predicted octanol–water partition coefficient (Wildman–Crippen LogP) is 1.69. The standard InChI is InChI=1S/C11H15NO4S/c1-3-12(4-2)10(13)6-16-8-5-9(11(14)15)17-7-8/h5,7H,3-4,6H2,1-2H3,(H,14,15). The van der Waals surface area contributed by atoms with Crippen LogP contribution in [-0.2, 0) is 4.79 Å². The Morgan fingerprint density at radius 1 is 1.41 bits per heavy atom. The van der Waals surface area contributed by atoms with Gasteiger partial charge in [0.05, 0.1) is 0 Å². The molecular weight excluding hydrogens is 242 g/mol. The summed E-state index contributed by atoms with van der Waals surface area (Å²) in [5.41, 5.74) is 0. The second kappa shape index (κ2) is 6.24. The van der Waals surface area contributed by atoms with Gasteiger partial charge in [-0.1, -0.05) is 0 Å². The number of carboxylic acid groups (broad SMARTS) is 1. The summed E-state index contributed by atoms with van der Waals surface area (Å²) in [6, 6.07) is 1.42. The lowest BCUT2D eigenvalue weighted by atomic mass is 10.4. The fourth-order valence-electron chi connectivity index (χ4n) is 1.32. The Balaban J connectivity index is 2.49. The van der Waals surface area contributed by atoms with E-state index < -0.39 is 5.97 Å². The molecule has 0 aliphatic heterocycles. The van der Waals surface area contributed by atoms with E-state index >= 15 is 0 Å². The minimum atomic E-state index is -0.986. The maximum Gasteiger partial charge on any atom is 0.346 e. The van der Waals surface area contributed by atoms with Crippen LogP contribution in [0.2, 0.25) is 0 Å². The highest BCUT2D eigenvalue weighted by molar-refractivity contribution is 7.12. The third-order valence-corrected chi connectivity index (χ3v) is 3.16. The second-order valence-electron chi connectivity index (χ2n) is 3.31. The molecule has 0 aliphatic carbocycles. The summed E-state index contributed by atoms with van der Waals surface area (Å²) in [7, 11) is 0. The number of thiophene rings is 1. The molecule has 0 radical (unpaired) electrons. The average Bonchev–Trinajstić information content (AvgIpc) is 2.76. The number of hydrogen-bond donors (Lipinski definition) is 1. The molecule has 0 spiro atoms. The summed E-state index contributed by atoms with van der Waals surface area (Å²) in [6.45, 7) is 5.02. The molecule has 0 fully saturated rings. The molecule has 1 aromatic rings. The molecule has 0 atom stereocenters. The molecule has 0 saturated carbocycles. The van der Waals surface area contributed by atoms with Crippen LogP contribution in [0.3, 0.4) is 0 Å². The quantitative estimate of drug-likeness (QED) is 0.842. The number of carbonyl (C=O) groups excluding carboxylic acids is 1. The number of aromatic carboxylic acids is 1. The molecule has 1 rings (SSSR count). The summed E-state index contributed by atoms with van der Waals surface area (Å²) in [5.74, 6) is -0.661. The summed E-state index contributed by atoms with van der Waals surface area (Å²) >= 11 is 1.08. The zero-order valence-electron chi connectivity index (χ0n) is 9.80. The van der Waals surface area contributed by atoms with Gasteiger partial charge in [0.2, 0.25) is 0 Å². The van der Waals surface area contributed by atoms with E-state index in [4.69, 9.17) is 9.84 Å². The highest BCUT2D eigenvalue weighted by Crippen LogP contribution is 2.21. The first-order valence-electron chi connectivity index (χ1n) is 5.30. The molecule has 1 amide bonds. The minimum Gasteiger partial charge on any atom is -0.483 e. The van der Waals surface area contributed by atoms with E-state index in [1.807, 2.05) is 13.8 Å². The summed E-state index contributed by atoms with van der Waals surface area (Å²) < 4.78 is 5.24. The van der Waals surface area contributed by atoms with Crippen molar-refractivity contribution in [3.8, 4) is 5.75 Å². The molecule has 1 N–H and O–H groups in total. The Morgan fingerprint density at radius 3 is 2.53 bits per heavy atom. The number of ether oxygens (including phenoxy) is 1. The molecule has 0 unspecified atom stereocenters. The average molecular weight is 257 g/mol.